The van der Waals surface area contributed by atoms with Gasteiger partial charge in [0, 0.05) is 12.2 Å². The van der Waals surface area contributed by atoms with E-state index >= 15 is 0 Å². The van der Waals surface area contributed by atoms with Crippen LogP contribution in [0.4, 0.5) is 5.69 Å². The largest absolute Gasteiger partial charge is 0.492 e. The lowest BCUT2D eigenvalue weighted by atomic mass is 9.99. The van der Waals surface area contributed by atoms with E-state index in [-0.39, 0.29) is 0 Å². The van der Waals surface area contributed by atoms with Crippen molar-refractivity contribution in [1.29, 1.82) is 0 Å². The molecule has 0 amide bonds. The summed E-state index contributed by atoms with van der Waals surface area (Å²) < 4.78 is 5.73. The Balaban J connectivity index is 1.74. The second-order valence-electron chi connectivity index (χ2n) is 5.02. The van der Waals surface area contributed by atoms with Gasteiger partial charge >= 0.3 is 0 Å². The first-order chi connectivity index (χ1) is 9.79. The molecule has 2 heteroatoms. The van der Waals surface area contributed by atoms with E-state index in [0.29, 0.717) is 12.5 Å². The fourth-order valence-corrected chi connectivity index (χ4v) is 2.05. The highest BCUT2D eigenvalue weighted by molar-refractivity contribution is 5.42. The summed E-state index contributed by atoms with van der Waals surface area (Å²) in [6, 6.07) is 18.6. The maximum atomic E-state index is 5.73. The predicted molar refractivity (Wildman–Crippen MR) is 85.6 cm³/mol. The number of nitrogens with one attached hydrogen (secondary N) is 1. The first kappa shape index (κ1) is 14.4. The van der Waals surface area contributed by atoms with E-state index < -0.39 is 0 Å². The quantitative estimate of drug-likeness (QED) is 0.736. The first-order valence-corrected chi connectivity index (χ1v) is 7.31. The molecule has 0 bridgehead atoms. The fraction of sp³-hybridized carbons (Fsp3) is 0.333. The molecule has 2 nitrogen and oxygen atoms in total. The molecule has 106 valence electrons. The zero-order valence-corrected chi connectivity index (χ0v) is 12.3. The lowest BCUT2D eigenvalue weighted by molar-refractivity contribution is 0.332. The van der Waals surface area contributed by atoms with Crippen LogP contribution in [0.5, 0.6) is 5.75 Å². The van der Waals surface area contributed by atoms with Gasteiger partial charge in [-0.1, -0.05) is 44.2 Å². The number of ether oxygens (including phenoxy) is 1. The van der Waals surface area contributed by atoms with Gasteiger partial charge in [0.25, 0.3) is 0 Å². The Kier molecular flexibility index (Phi) is 5.48. The lowest BCUT2D eigenvalue weighted by Crippen LogP contribution is -2.11. The van der Waals surface area contributed by atoms with Crippen LogP contribution in [0.25, 0.3) is 0 Å². The van der Waals surface area contributed by atoms with E-state index in [2.05, 4.69) is 55.6 Å². The highest BCUT2D eigenvalue weighted by Crippen LogP contribution is 2.21. The molecular formula is C18H23NO. The van der Waals surface area contributed by atoms with Crippen molar-refractivity contribution in [3.63, 3.8) is 0 Å². The van der Waals surface area contributed by atoms with Crippen LogP contribution in [0.1, 0.15) is 31.7 Å². The van der Waals surface area contributed by atoms with Gasteiger partial charge in [0.05, 0.1) is 0 Å². The summed E-state index contributed by atoms with van der Waals surface area (Å²) in [5.41, 5.74) is 2.51. The molecule has 0 saturated heterocycles. The van der Waals surface area contributed by atoms with Gasteiger partial charge in [0.15, 0.2) is 0 Å². The second kappa shape index (κ2) is 7.59. The Morgan fingerprint density at radius 2 is 1.70 bits per heavy atom. The Labute approximate surface area is 121 Å². The third kappa shape index (κ3) is 4.30. The monoisotopic (exact) mass is 269 g/mol. The van der Waals surface area contributed by atoms with Gasteiger partial charge in [-0.3, -0.25) is 0 Å². The van der Waals surface area contributed by atoms with Crippen LogP contribution in [0.15, 0.2) is 54.6 Å². The minimum Gasteiger partial charge on any atom is -0.492 e. The molecule has 0 aliphatic carbocycles. The number of hydrogen-bond acceptors (Lipinski definition) is 2. The third-order valence-corrected chi connectivity index (χ3v) is 3.54. The summed E-state index contributed by atoms with van der Waals surface area (Å²) in [5, 5.41) is 3.33. The second-order valence-corrected chi connectivity index (χ2v) is 5.02. The molecule has 1 N–H and O–H groups in total. The summed E-state index contributed by atoms with van der Waals surface area (Å²) in [6.07, 6.45) is 1.17. The number of benzene rings is 2. The van der Waals surface area contributed by atoms with Gasteiger partial charge in [-0.15, -0.1) is 0 Å². The van der Waals surface area contributed by atoms with E-state index in [1.54, 1.807) is 0 Å². The summed E-state index contributed by atoms with van der Waals surface area (Å²) in [5.74, 6) is 1.55. The molecule has 2 rings (SSSR count). The minimum atomic E-state index is 0.615. The molecule has 0 saturated carbocycles. The van der Waals surface area contributed by atoms with Crippen molar-refractivity contribution in [2.24, 2.45) is 0 Å². The molecule has 0 aliphatic rings. The normalized spacial score (nSPS) is 11.9. The minimum absolute atomic E-state index is 0.615. The molecule has 1 unspecified atom stereocenters. The standard InChI is InChI=1S/C18H23NO/c1-3-15(2)16-9-11-18(12-10-16)20-14-13-19-17-7-5-4-6-8-17/h4-12,15,19H,3,13-14H2,1-2H3. The average molecular weight is 269 g/mol. The molecule has 0 spiro atoms. The number of rotatable bonds is 7. The molecule has 0 heterocycles. The Hall–Kier alpha value is -1.96. The van der Waals surface area contributed by atoms with Crippen molar-refractivity contribution in [2.75, 3.05) is 18.5 Å². The van der Waals surface area contributed by atoms with E-state index in [1.807, 2.05) is 18.2 Å². The predicted octanol–water partition coefficient (Wildman–Crippen LogP) is 4.69. The summed E-state index contributed by atoms with van der Waals surface area (Å²) in [6.45, 7) is 5.93. The van der Waals surface area contributed by atoms with Gasteiger partial charge in [-0.05, 0) is 42.2 Å². The van der Waals surface area contributed by atoms with E-state index in [1.165, 1.54) is 12.0 Å². The van der Waals surface area contributed by atoms with Crippen molar-refractivity contribution in [3.05, 3.63) is 60.2 Å². The molecule has 20 heavy (non-hydrogen) atoms. The van der Waals surface area contributed by atoms with Gasteiger partial charge in [0.2, 0.25) is 0 Å². The van der Waals surface area contributed by atoms with Crippen LogP contribution in [-0.4, -0.2) is 13.2 Å². The van der Waals surface area contributed by atoms with E-state index in [9.17, 15) is 0 Å². The zero-order chi connectivity index (χ0) is 14.2. The number of hydrogen-bond donors (Lipinski definition) is 1. The van der Waals surface area contributed by atoms with Gasteiger partial charge in [0.1, 0.15) is 12.4 Å². The van der Waals surface area contributed by atoms with Crippen molar-refractivity contribution in [1.82, 2.24) is 0 Å². The van der Waals surface area contributed by atoms with Crippen molar-refractivity contribution < 1.29 is 4.74 Å². The van der Waals surface area contributed by atoms with Crippen LogP contribution < -0.4 is 10.1 Å². The highest BCUT2D eigenvalue weighted by atomic mass is 16.5. The zero-order valence-electron chi connectivity index (χ0n) is 12.3. The van der Waals surface area contributed by atoms with Crippen LogP contribution in [0.2, 0.25) is 0 Å². The molecule has 2 aromatic carbocycles. The Morgan fingerprint density at radius 3 is 2.35 bits per heavy atom. The first-order valence-electron chi connectivity index (χ1n) is 7.31. The maximum absolute atomic E-state index is 5.73. The van der Waals surface area contributed by atoms with Crippen LogP contribution in [0, 0.1) is 0 Å². The summed E-state index contributed by atoms with van der Waals surface area (Å²) in [7, 11) is 0. The number of para-hydroxylation sites is 1. The van der Waals surface area contributed by atoms with Gasteiger partial charge < -0.3 is 10.1 Å². The molecule has 2 aromatic rings. The van der Waals surface area contributed by atoms with Crippen LogP contribution in [0.3, 0.4) is 0 Å². The van der Waals surface area contributed by atoms with E-state index in [4.69, 9.17) is 4.74 Å². The van der Waals surface area contributed by atoms with Crippen LogP contribution >= 0.6 is 0 Å². The number of anilines is 1. The molecular weight excluding hydrogens is 246 g/mol. The molecule has 0 aromatic heterocycles. The Bertz CT molecular complexity index is 493. The smallest absolute Gasteiger partial charge is 0.119 e. The third-order valence-electron chi connectivity index (χ3n) is 3.54. The summed E-state index contributed by atoms with van der Waals surface area (Å²) >= 11 is 0. The van der Waals surface area contributed by atoms with Gasteiger partial charge in [-0.25, -0.2) is 0 Å². The lowest BCUT2D eigenvalue weighted by Gasteiger charge is -2.11. The summed E-state index contributed by atoms with van der Waals surface area (Å²) in [4.78, 5) is 0. The molecule has 1 atom stereocenters. The molecule has 0 fully saturated rings. The maximum Gasteiger partial charge on any atom is 0.119 e. The average Bonchev–Trinajstić information content (AvgIpc) is 2.52. The van der Waals surface area contributed by atoms with Crippen molar-refractivity contribution in [2.45, 2.75) is 26.2 Å². The van der Waals surface area contributed by atoms with Crippen molar-refractivity contribution in [3.8, 4) is 5.75 Å². The topological polar surface area (TPSA) is 21.3 Å². The van der Waals surface area contributed by atoms with Crippen molar-refractivity contribution >= 4 is 5.69 Å². The Morgan fingerprint density at radius 1 is 1.00 bits per heavy atom. The van der Waals surface area contributed by atoms with Crippen LogP contribution in [-0.2, 0) is 0 Å². The fourth-order valence-electron chi connectivity index (χ4n) is 2.05. The molecule has 0 aliphatic heterocycles. The molecule has 0 radical (unpaired) electrons. The van der Waals surface area contributed by atoms with E-state index in [0.717, 1.165) is 18.0 Å². The SMILES string of the molecule is CCC(C)c1ccc(OCCNc2ccccc2)cc1. The highest BCUT2D eigenvalue weighted by Gasteiger charge is 2.02. The van der Waals surface area contributed by atoms with Gasteiger partial charge in [-0.2, -0.15) is 0 Å².